The summed E-state index contributed by atoms with van der Waals surface area (Å²) in [7, 11) is 4.33. The molecular weight excluding hydrogens is 224 g/mol. The fourth-order valence-corrected chi connectivity index (χ4v) is 2.89. The molecule has 4 heteroatoms. The number of nitrogens with two attached hydrogens (primary N) is 1. The van der Waals surface area contributed by atoms with Crippen molar-refractivity contribution >= 4 is 0 Å². The highest BCUT2D eigenvalue weighted by Gasteiger charge is 2.30. The van der Waals surface area contributed by atoms with Crippen molar-refractivity contribution in [2.45, 2.75) is 26.1 Å². The van der Waals surface area contributed by atoms with E-state index in [4.69, 9.17) is 5.73 Å². The summed E-state index contributed by atoms with van der Waals surface area (Å²) >= 11 is 0. The molecule has 1 saturated heterocycles. The van der Waals surface area contributed by atoms with Crippen LogP contribution in [0.25, 0.3) is 0 Å². The lowest BCUT2D eigenvalue weighted by Gasteiger charge is -2.22. The number of pyridine rings is 1. The predicted octanol–water partition coefficient (Wildman–Crippen LogP) is 0.922. The van der Waals surface area contributed by atoms with Crippen LogP contribution in [0, 0.1) is 5.92 Å². The monoisotopic (exact) mass is 248 g/mol. The van der Waals surface area contributed by atoms with Gasteiger partial charge in [0.25, 0.3) is 0 Å². The van der Waals surface area contributed by atoms with Crippen LogP contribution >= 0.6 is 0 Å². The number of likely N-dealkylation sites (tertiary alicyclic amines) is 1. The molecule has 18 heavy (non-hydrogen) atoms. The zero-order chi connectivity index (χ0) is 13.1. The van der Waals surface area contributed by atoms with E-state index < -0.39 is 0 Å². The quantitative estimate of drug-likeness (QED) is 0.861. The predicted molar refractivity (Wildman–Crippen MR) is 74.0 cm³/mol. The van der Waals surface area contributed by atoms with Gasteiger partial charge < -0.3 is 10.6 Å². The van der Waals surface area contributed by atoms with Gasteiger partial charge in [-0.1, -0.05) is 13.0 Å². The van der Waals surface area contributed by atoms with E-state index in [0.717, 1.165) is 31.2 Å². The molecule has 2 atom stereocenters. The highest BCUT2D eigenvalue weighted by atomic mass is 15.2. The standard InChI is InChI=1S/C14H24N4/c1-11-8-18(10-14(11)17(2)3)9-12-5-4-6-16-13(12)7-15/h4-6,11,14H,7-10,15H2,1-3H3. The Bertz CT molecular complexity index is 391. The molecule has 2 rings (SSSR count). The first kappa shape index (κ1) is 13.5. The van der Waals surface area contributed by atoms with Gasteiger partial charge >= 0.3 is 0 Å². The van der Waals surface area contributed by atoms with Crippen LogP contribution in [-0.4, -0.2) is 48.0 Å². The maximum atomic E-state index is 5.74. The second-order valence-electron chi connectivity index (χ2n) is 5.52. The number of likely N-dealkylation sites (N-methyl/N-ethyl adjacent to an activating group) is 1. The van der Waals surface area contributed by atoms with E-state index in [2.05, 4.69) is 41.9 Å². The molecule has 4 nitrogen and oxygen atoms in total. The summed E-state index contributed by atoms with van der Waals surface area (Å²) in [6.07, 6.45) is 1.82. The van der Waals surface area contributed by atoms with Gasteiger partial charge in [-0.25, -0.2) is 0 Å². The van der Waals surface area contributed by atoms with E-state index in [0.29, 0.717) is 12.6 Å². The molecule has 1 fully saturated rings. The van der Waals surface area contributed by atoms with Gasteiger partial charge in [0.1, 0.15) is 0 Å². The first-order valence-electron chi connectivity index (χ1n) is 6.63. The van der Waals surface area contributed by atoms with Gasteiger partial charge in [-0.3, -0.25) is 9.88 Å². The molecule has 2 N–H and O–H groups in total. The van der Waals surface area contributed by atoms with Crippen LogP contribution in [-0.2, 0) is 13.1 Å². The Labute approximate surface area is 110 Å². The van der Waals surface area contributed by atoms with Crippen LogP contribution in [0.5, 0.6) is 0 Å². The van der Waals surface area contributed by atoms with Gasteiger partial charge in [-0.15, -0.1) is 0 Å². The number of rotatable bonds is 4. The fraction of sp³-hybridized carbons (Fsp3) is 0.643. The Balaban J connectivity index is 2.03. The van der Waals surface area contributed by atoms with Crippen molar-refractivity contribution in [3.05, 3.63) is 29.6 Å². The van der Waals surface area contributed by atoms with Crippen LogP contribution in [0.1, 0.15) is 18.2 Å². The molecule has 1 aliphatic rings. The van der Waals surface area contributed by atoms with Crippen molar-refractivity contribution < 1.29 is 0 Å². The highest BCUT2D eigenvalue weighted by molar-refractivity contribution is 5.19. The minimum absolute atomic E-state index is 0.524. The van der Waals surface area contributed by atoms with Crippen LogP contribution in [0.4, 0.5) is 0 Å². The van der Waals surface area contributed by atoms with Gasteiger partial charge in [0, 0.05) is 38.4 Å². The van der Waals surface area contributed by atoms with Crippen molar-refractivity contribution in [1.82, 2.24) is 14.8 Å². The van der Waals surface area contributed by atoms with Crippen molar-refractivity contribution in [2.75, 3.05) is 27.2 Å². The third kappa shape index (κ3) is 2.88. The summed E-state index contributed by atoms with van der Waals surface area (Å²) in [5.41, 5.74) is 8.03. The Kier molecular flexibility index (Phi) is 4.32. The SMILES string of the molecule is CC1CN(Cc2cccnc2CN)CC1N(C)C. The van der Waals surface area contributed by atoms with Crippen molar-refractivity contribution in [2.24, 2.45) is 11.7 Å². The Morgan fingerprint density at radius 1 is 1.44 bits per heavy atom. The lowest BCUT2D eigenvalue weighted by molar-refractivity contribution is 0.250. The zero-order valence-corrected chi connectivity index (χ0v) is 11.6. The van der Waals surface area contributed by atoms with Crippen molar-refractivity contribution in [1.29, 1.82) is 0 Å². The first-order valence-corrected chi connectivity index (χ1v) is 6.63. The Morgan fingerprint density at radius 2 is 2.22 bits per heavy atom. The number of aromatic nitrogens is 1. The average Bonchev–Trinajstić information content (AvgIpc) is 2.71. The minimum atomic E-state index is 0.524. The minimum Gasteiger partial charge on any atom is -0.325 e. The summed E-state index contributed by atoms with van der Waals surface area (Å²) in [5.74, 6) is 0.720. The lowest BCUT2D eigenvalue weighted by atomic mass is 10.1. The van der Waals surface area contributed by atoms with Crippen LogP contribution in [0.2, 0.25) is 0 Å². The summed E-state index contributed by atoms with van der Waals surface area (Å²) < 4.78 is 0. The summed E-state index contributed by atoms with van der Waals surface area (Å²) in [6.45, 7) is 6.11. The van der Waals surface area contributed by atoms with Gasteiger partial charge in [-0.2, -0.15) is 0 Å². The van der Waals surface area contributed by atoms with Crippen LogP contribution in [0.15, 0.2) is 18.3 Å². The fourth-order valence-electron chi connectivity index (χ4n) is 2.89. The number of nitrogens with zero attached hydrogens (tertiary/aromatic N) is 3. The largest absolute Gasteiger partial charge is 0.325 e. The van der Waals surface area contributed by atoms with E-state index >= 15 is 0 Å². The second-order valence-corrected chi connectivity index (χ2v) is 5.52. The molecule has 1 aromatic heterocycles. The number of hydrogen-bond acceptors (Lipinski definition) is 4. The Hall–Kier alpha value is -0.970. The molecule has 0 saturated carbocycles. The highest BCUT2D eigenvalue weighted by Crippen LogP contribution is 2.22. The molecule has 0 aliphatic carbocycles. The van der Waals surface area contributed by atoms with E-state index in [1.807, 2.05) is 12.3 Å². The first-order chi connectivity index (χ1) is 8.61. The van der Waals surface area contributed by atoms with E-state index in [9.17, 15) is 0 Å². The molecule has 0 radical (unpaired) electrons. The van der Waals surface area contributed by atoms with E-state index in [1.165, 1.54) is 5.56 Å². The molecule has 2 unspecified atom stereocenters. The second kappa shape index (κ2) is 5.78. The van der Waals surface area contributed by atoms with Gasteiger partial charge in [0.2, 0.25) is 0 Å². The zero-order valence-electron chi connectivity index (χ0n) is 11.6. The third-order valence-electron chi connectivity index (χ3n) is 3.88. The van der Waals surface area contributed by atoms with Crippen LogP contribution in [0.3, 0.4) is 0 Å². The molecule has 0 aromatic carbocycles. The van der Waals surface area contributed by atoms with Gasteiger partial charge in [-0.05, 0) is 31.6 Å². The molecule has 0 bridgehead atoms. The molecular formula is C14H24N4. The maximum Gasteiger partial charge on any atom is 0.0584 e. The lowest BCUT2D eigenvalue weighted by Crippen LogP contribution is -2.34. The molecule has 2 heterocycles. The van der Waals surface area contributed by atoms with Crippen molar-refractivity contribution in [3.8, 4) is 0 Å². The molecule has 100 valence electrons. The van der Waals surface area contributed by atoms with Crippen molar-refractivity contribution in [3.63, 3.8) is 0 Å². The molecule has 0 amide bonds. The molecule has 0 spiro atoms. The smallest absolute Gasteiger partial charge is 0.0584 e. The topological polar surface area (TPSA) is 45.4 Å². The summed E-state index contributed by atoms with van der Waals surface area (Å²) in [4.78, 5) is 9.19. The Morgan fingerprint density at radius 3 is 2.83 bits per heavy atom. The number of hydrogen-bond donors (Lipinski definition) is 1. The normalized spacial score (nSPS) is 24.9. The average molecular weight is 248 g/mol. The molecule has 1 aromatic rings. The van der Waals surface area contributed by atoms with Crippen LogP contribution < -0.4 is 5.73 Å². The van der Waals surface area contributed by atoms with Gasteiger partial charge in [0.15, 0.2) is 0 Å². The third-order valence-corrected chi connectivity index (χ3v) is 3.88. The van der Waals surface area contributed by atoms with E-state index in [1.54, 1.807) is 0 Å². The maximum absolute atomic E-state index is 5.74. The summed E-state index contributed by atoms with van der Waals surface area (Å²) in [5, 5.41) is 0. The summed E-state index contributed by atoms with van der Waals surface area (Å²) in [6, 6.07) is 4.79. The van der Waals surface area contributed by atoms with Gasteiger partial charge in [0.05, 0.1) is 5.69 Å². The van der Waals surface area contributed by atoms with E-state index in [-0.39, 0.29) is 0 Å². The molecule has 1 aliphatic heterocycles.